The lowest BCUT2D eigenvalue weighted by molar-refractivity contribution is 0.513. The lowest BCUT2D eigenvalue weighted by Crippen LogP contribution is -2.26. The summed E-state index contributed by atoms with van der Waals surface area (Å²) in [6.07, 6.45) is 10.3. The highest BCUT2D eigenvalue weighted by Crippen LogP contribution is 2.28. The van der Waals surface area contributed by atoms with E-state index in [0.717, 1.165) is 53.9 Å². The standard InChI is InChI=1S/C27H31N9O/c1-4-5-8-21-18-36(26-28-13-14-34(26)16-19(2)3)27(37)35(21)17-20-11-12-24(29-15-20)22-9-6-7-10-23(22)25-30-32-33-31-25/h6-7,9-15,18-19H,4-5,8,16-17H2,1-3H3,(H,30,31,32,33). The van der Waals surface area contributed by atoms with Gasteiger partial charge in [-0.05, 0) is 35.6 Å². The second-order valence-electron chi connectivity index (χ2n) is 9.57. The van der Waals surface area contributed by atoms with Gasteiger partial charge in [0, 0.05) is 48.2 Å². The molecule has 4 aromatic heterocycles. The van der Waals surface area contributed by atoms with Gasteiger partial charge in [-0.25, -0.2) is 14.3 Å². The number of hydrogen-bond acceptors (Lipinski definition) is 6. The van der Waals surface area contributed by atoms with Crippen molar-refractivity contribution in [1.29, 1.82) is 0 Å². The number of unbranched alkanes of at least 4 members (excludes halogenated alkanes) is 1. The van der Waals surface area contributed by atoms with E-state index in [1.807, 2.05) is 64.1 Å². The molecule has 0 aliphatic rings. The monoisotopic (exact) mass is 497 g/mol. The Balaban J connectivity index is 1.46. The van der Waals surface area contributed by atoms with E-state index >= 15 is 0 Å². The first kappa shape index (κ1) is 24.4. The molecule has 0 saturated heterocycles. The van der Waals surface area contributed by atoms with Gasteiger partial charge < -0.3 is 4.57 Å². The number of imidazole rings is 2. The highest BCUT2D eigenvalue weighted by molar-refractivity contribution is 5.78. The molecule has 37 heavy (non-hydrogen) atoms. The minimum atomic E-state index is -0.0890. The van der Waals surface area contributed by atoms with Crippen molar-refractivity contribution >= 4 is 0 Å². The molecule has 10 heteroatoms. The van der Waals surface area contributed by atoms with Crippen molar-refractivity contribution in [2.45, 2.75) is 53.1 Å². The van der Waals surface area contributed by atoms with Gasteiger partial charge in [-0.3, -0.25) is 9.55 Å². The Morgan fingerprint density at radius 2 is 1.89 bits per heavy atom. The number of rotatable bonds is 10. The Bertz CT molecular complexity index is 1510. The molecule has 4 heterocycles. The van der Waals surface area contributed by atoms with Gasteiger partial charge in [0.2, 0.25) is 11.8 Å². The molecule has 1 N–H and O–H groups in total. The van der Waals surface area contributed by atoms with E-state index in [9.17, 15) is 4.79 Å². The Kier molecular flexibility index (Phi) is 7.07. The molecule has 0 saturated carbocycles. The summed E-state index contributed by atoms with van der Waals surface area (Å²) in [5.74, 6) is 1.62. The molecule has 1 aromatic carbocycles. The van der Waals surface area contributed by atoms with E-state index in [1.165, 1.54) is 0 Å². The number of nitrogens with zero attached hydrogens (tertiary/aromatic N) is 8. The lowest BCUT2D eigenvalue weighted by atomic mass is 10.0. The number of nitrogens with one attached hydrogen (secondary N) is 1. The van der Waals surface area contributed by atoms with Gasteiger partial charge in [0.1, 0.15) is 0 Å². The van der Waals surface area contributed by atoms with Crippen LogP contribution in [0, 0.1) is 5.92 Å². The first-order valence-corrected chi connectivity index (χ1v) is 12.7. The fourth-order valence-corrected chi connectivity index (χ4v) is 4.49. The van der Waals surface area contributed by atoms with Crippen LogP contribution >= 0.6 is 0 Å². The number of H-pyrrole nitrogens is 1. The summed E-state index contributed by atoms with van der Waals surface area (Å²) in [6, 6.07) is 11.8. The molecule has 0 unspecified atom stereocenters. The normalized spacial score (nSPS) is 11.5. The van der Waals surface area contributed by atoms with E-state index in [1.54, 1.807) is 10.8 Å². The van der Waals surface area contributed by atoms with Crippen LogP contribution < -0.4 is 5.69 Å². The summed E-state index contributed by atoms with van der Waals surface area (Å²) >= 11 is 0. The van der Waals surface area contributed by atoms with Crippen molar-refractivity contribution < 1.29 is 0 Å². The molecule has 0 fully saturated rings. The van der Waals surface area contributed by atoms with E-state index in [2.05, 4.69) is 46.4 Å². The molecule has 5 rings (SSSR count). The predicted octanol–water partition coefficient (Wildman–Crippen LogP) is 4.12. The van der Waals surface area contributed by atoms with E-state index in [-0.39, 0.29) is 5.69 Å². The third-order valence-electron chi connectivity index (χ3n) is 6.27. The Labute approximate surface area is 215 Å². The van der Waals surface area contributed by atoms with Crippen LogP contribution in [-0.4, -0.2) is 44.3 Å². The smallest absolute Gasteiger partial charge is 0.316 e. The van der Waals surface area contributed by atoms with E-state index < -0.39 is 0 Å². The fourth-order valence-electron chi connectivity index (χ4n) is 4.49. The summed E-state index contributed by atoms with van der Waals surface area (Å²) in [6.45, 7) is 7.71. The molecule has 5 aromatic rings. The largest absolute Gasteiger partial charge is 0.335 e. The number of aromatic amines is 1. The molecule has 0 spiro atoms. The number of tetrazole rings is 1. The van der Waals surface area contributed by atoms with Gasteiger partial charge in [0.15, 0.2) is 0 Å². The Morgan fingerprint density at radius 3 is 2.59 bits per heavy atom. The summed E-state index contributed by atoms with van der Waals surface area (Å²) in [5, 5.41) is 14.4. The minimum Gasteiger partial charge on any atom is -0.316 e. The first-order valence-electron chi connectivity index (χ1n) is 12.7. The van der Waals surface area contributed by atoms with Crippen LogP contribution in [0.1, 0.15) is 44.9 Å². The van der Waals surface area contributed by atoms with Crippen molar-refractivity contribution in [3.63, 3.8) is 0 Å². The van der Waals surface area contributed by atoms with Crippen molar-refractivity contribution in [2.75, 3.05) is 0 Å². The lowest BCUT2D eigenvalue weighted by Gasteiger charge is -2.10. The summed E-state index contributed by atoms with van der Waals surface area (Å²) in [5.41, 5.74) is 4.43. The molecule has 0 aliphatic carbocycles. The maximum atomic E-state index is 13.6. The zero-order valence-corrected chi connectivity index (χ0v) is 21.4. The van der Waals surface area contributed by atoms with Crippen LogP contribution in [0.25, 0.3) is 28.6 Å². The van der Waals surface area contributed by atoms with Crippen LogP contribution in [0.4, 0.5) is 0 Å². The van der Waals surface area contributed by atoms with Gasteiger partial charge in [-0.1, -0.05) is 57.5 Å². The van der Waals surface area contributed by atoms with Crippen LogP contribution in [0.3, 0.4) is 0 Å². The second kappa shape index (κ2) is 10.7. The molecule has 0 amide bonds. The summed E-state index contributed by atoms with van der Waals surface area (Å²) in [7, 11) is 0. The summed E-state index contributed by atoms with van der Waals surface area (Å²) < 4.78 is 5.56. The highest BCUT2D eigenvalue weighted by Gasteiger charge is 2.17. The molecule has 190 valence electrons. The quantitative estimate of drug-likeness (QED) is 0.311. The van der Waals surface area contributed by atoms with Crippen molar-refractivity contribution in [3.05, 3.63) is 82.9 Å². The maximum Gasteiger partial charge on any atom is 0.335 e. The number of hydrogen-bond donors (Lipinski definition) is 1. The third-order valence-corrected chi connectivity index (χ3v) is 6.27. The van der Waals surface area contributed by atoms with Crippen LogP contribution in [0.15, 0.2) is 66.0 Å². The zero-order valence-electron chi connectivity index (χ0n) is 21.4. The SMILES string of the molecule is CCCCc1cn(-c2nccn2CC(C)C)c(=O)n1Cc1ccc(-c2ccccc2-c2nn[nH]n2)nc1. The minimum absolute atomic E-state index is 0.0890. The van der Waals surface area contributed by atoms with Crippen LogP contribution in [0.2, 0.25) is 0 Å². The number of aromatic nitrogens is 9. The number of pyridine rings is 1. The predicted molar refractivity (Wildman–Crippen MR) is 141 cm³/mol. The maximum absolute atomic E-state index is 13.6. The molecule has 0 aliphatic heterocycles. The van der Waals surface area contributed by atoms with Crippen molar-refractivity contribution in [3.8, 4) is 28.6 Å². The first-order chi connectivity index (χ1) is 18.0. The van der Waals surface area contributed by atoms with Crippen molar-refractivity contribution in [1.82, 2.24) is 44.3 Å². The van der Waals surface area contributed by atoms with Gasteiger partial charge in [-0.2, -0.15) is 5.21 Å². The number of benzene rings is 1. The number of aryl methyl sites for hydroxylation is 1. The van der Waals surface area contributed by atoms with Crippen molar-refractivity contribution in [2.24, 2.45) is 5.92 Å². The Hall–Kier alpha value is -4.34. The Morgan fingerprint density at radius 1 is 1.05 bits per heavy atom. The van der Waals surface area contributed by atoms with Gasteiger partial charge >= 0.3 is 5.69 Å². The molecule has 0 bridgehead atoms. The van der Waals surface area contributed by atoms with E-state index in [0.29, 0.717) is 24.2 Å². The highest BCUT2D eigenvalue weighted by atomic mass is 16.1. The van der Waals surface area contributed by atoms with Gasteiger partial charge in [-0.15, -0.1) is 10.2 Å². The third kappa shape index (κ3) is 5.13. The summed E-state index contributed by atoms with van der Waals surface area (Å²) in [4.78, 5) is 22.8. The van der Waals surface area contributed by atoms with Gasteiger partial charge in [0.05, 0.1) is 12.2 Å². The molecule has 0 radical (unpaired) electrons. The van der Waals surface area contributed by atoms with Gasteiger partial charge in [0.25, 0.3) is 0 Å². The average molecular weight is 498 g/mol. The van der Waals surface area contributed by atoms with E-state index in [4.69, 9.17) is 4.98 Å². The molecule has 10 nitrogen and oxygen atoms in total. The van der Waals surface area contributed by atoms with Crippen LogP contribution in [-0.2, 0) is 19.5 Å². The molecular formula is C27H31N9O. The average Bonchev–Trinajstić information content (AvgIpc) is 3.65. The molecular weight excluding hydrogens is 466 g/mol. The van der Waals surface area contributed by atoms with Crippen LogP contribution in [0.5, 0.6) is 0 Å². The second-order valence-corrected chi connectivity index (χ2v) is 9.57. The fraction of sp³-hybridized carbons (Fsp3) is 0.333. The topological polar surface area (TPSA) is 112 Å². The zero-order chi connectivity index (χ0) is 25.8. The molecule has 0 atom stereocenters.